The van der Waals surface area contributed by atoms with Gasteiger partial charge in [0.05, 0.1) is 0 Å². The van der Waals surface area contributed by atoms with Crippen LogP contribution in [0.1, 0.15) is 112 Å². The Labute approximate surface area is 181 Å². The monoisotopic (exact) mass is 400 g/mol. The molecule has 8 atom stereocenters. The summed E-state index contributed by atoms with van der Waals surface area (Å²) in [6.45, 7) is 12.8. The van der Waals surface area contributed by atoms with E-state index >= 15 is 0 Å². The minimum absolute atomic E-state index is 0.343. The fourth-order valence-electron chi connectivity index (χ4n) is 8.66. The smallest absolute Gasteiger partial charge is 0.0459 e. The van der Waals surface area contributed by atoms with Crippen LogP contribution in [0.4, 0.5) is 0 Å². The van der Waals surface area contributed by atoms with E-state index < -0.39 is 0 Å². The van der Waals surface area contributed by atoms with Crippen LogP contribution in [0.25, 0.3) is 0 Å². The molecule has 0 heterocycles. The van der Waals surface area contributed by atoms with Crippen LogP contribution in [0, 0.1) is 46.3 Å². The Morgan fingerprint density at radius 1 is 0.897 bits per heavy atom. The second-order valence-electron chi connectivity index (χ2n) is 12.3. The quantitative estimate of drug-likeness (QED) is 0.451. The zero-order valence-electron chi connectivity index (χ0n) is 20.1. The molecule has 166 valence electrons. The second-order valence-corrected chi connectivity index (χ2v) is 12.3. The minimum atomic E-state index is 0.343. The molecule has 0 spiro atoms. The van der Waals surface area contributed by atoms with Crippen molar-refractivity contribution < 1.29 is 5.11 Å². The molecule has 1 heteroatoms. The van der Waals surface area contributed by atoms with Gasteiger partial charge in [0, 0.05) is 6.61 Å². The number of hydrogen-bond acceptors (Lipinski definition) is 1. The van der Waals surface area contributed by atoms with Crippen LogP contribution in [-0.2, 0) is 0 Å². The average Bonchev–Trinajstić information content (AvgIpc) is 3.08. The van der Waals surface area contributed by atoms with E-state index in [1.165, 1.54) is 77.0 Å². The van der Waals surface area contributed by atoms with Crippen LogP contribution in [0.5, 0.6) is 0 Å². The molecular weight excluding hydrogens is 352 g/mol. The number of rotatable bonds is 6. The van der Waals surface area contributed by atoms with Crippen LogP contribution < -0.4 is 0 Å². The fraction of sp³-hybridized carbons (Fsp3) is 0.929. The highest BCUT2D eigenvalue weighted by molar-refractivity contribution is 5.34. The van der Waals surface area contributed by atoms with Crippen molar-refractivity contribution >= 4 is 0 Å². The van der Waals surface area contributed by atoms with Gasteiger partial charge in [-0.15, -0.1) is 0 Å². The summed E-state index contributed by atoms with van der Waals surface area (Å²) in [6, 6.07) is 0. The lowest BCUT2D eigenvalue weighted by molar-refractivity contribution is 0.0643. The number of fused-ring (bicyclic) bond motifs is 4. The Morgan fingerprint density at radius 3 is 2.45 bits per heavy atom. The van der Waals surface area contributed by atoms with Gasteiger partial charge < -0.3 is 5.11 Å². The van der Waals surface area contributed by atoms with Gasteiger partial charge in [0.1, 0.15) is 0 Å². The summed E-state index contributed by atoms with van der Waals surface area (Å²) in [5.74, 6) is 4.73. The molecule has 0 aromatic carbocycles. The topological polar surface area (TPSA) is 20.2 Å². The highest BCUT2D eigenvalue weighted by Gasteiger charge is 2.55. The van der Waals surface area contributed by atoms with Crippen LogP contribution >= 0.6 is 0 Å². The fourth-order valence-corrected chi connectivity index (χ4v) is 8.66. The van der Waals surface area contributed by atoms with Gasteiger partial charge in [-0.1, -0.05) is 71.4 Å². The van der Waals surface area contributed by atoms with E-state index in [1.807, 2.05) is 11.1 Å². The molecule has 1 N–H and O–H groups in total. The first kappa shape index (κ1) is 21.9. The van der Waals surface area contributed by atoms with Crippen LogP contribution in [0.15, 0.2) is 11.1 Å². The van der Waals surface area contributed by atoms with Crippen LogP contribution in [0.3, 0.4) is 0 Å². The molecule has 0 aromatic rings. The zero-order valence-corrected chi connectivity index (χ0v) is 20.1. The Morgan fingerprint density at radius 2 is 1.69 bits per heavy atom. The molecule has 0 bridgehead atoms. The lowest BCUT2D eigenvalue weighted by atomic mass is 9.50. The van der Waals surface area contributed by atoms with Gasteiger partial charge in [0.15, 0.2) is 0 Å². The summed E-state index contributed by atoms with van der Waals surface area (Å²) in [4.78, 5) is 0. The standard InChI is InChI=1S/C28H48O/c1-19(21(3)18-29)9-10-20(2)24-13-14-25-23-12-11-22-8-6-7-16-27(22,4)26(23)15-17-28(24,25)5/h19-22,24-25,29H,6-18H2,1-5H3/t19-,20+,21?,22?,24+,25-,27-,28+/m0/s1. The molecule has 0 radical (unpaired) electrons. The van der Waals surface area contributed by atoms with E-state index in [0.717, 1.165) is 23.7 Å². The Hall–Kier alpha value is -0.300. The van der Waals surface area contributed by atoms with Gasteiger partial charge in [-0.25, -0.2) is 0 Å². The van der Waals surface area contributed by atoms with Crippen molar-refractivity contribution in [2.24, 2.45) is 46.3 Å². The summed E-state index contributed by atoms with van der Waals surface area (Å²) in [6.07, 6.45) is 17.3. The molecule has 1 nitrogen and oxygen atoms in total. The maximum Gasteiger partial charge on any atom is 0.0459 e. The molecule has 4 aliphatic carbocycles. The Balaban J connectivity index is 1.49. The molecule has 4 rings (SSSR count). The lowest BCUT2D eigenvalue weighted by Gasteiger charge is -2.54. The van der Waals surface area contributed by atoms with Gasteiger partial charge in [-0.3, -0.25) is 0 Å². The van der Waals surface area contributed by atoms with Gasteiger partial charge >= 0.3 is 0 Å². The molecule has 2 saturated carbocycles. The third kappa shape index (κ3) is 3.66. The summed E-state index contributed by atoms with van der Waals surface area (Å²) >= 11 is 0. The molecule has 0 saturated heterocycles. The highest BCUT2D eigenvalue weighted by Crippen LogP contribution is 2.66. The normalized spacial score (nSPS) is 42.6. The number of hydrogen-bond donors (Lipinski definition) is 1. The predicted molar refractivity (Wildman–Crippen MR) is 124 cm³/mol. The van der Waals surface area contributed by atoms with Crippen molar-refractivity contribution in [2.45, 2.75) is 112 Å². The molecule has 2 unspecified atom stereocenters. The maximum absolute atomic E-state index is 9.49. The second kappa shape index (κ2) is 8.33. The molecule has 2 fully saturated rings. The van der Waals surface area contributed by atoms with E-state index in [4.69, 9.17) is 0 Å². The average molecular weight is 401 g/mol. The molecule has 0 aliphatic heterocycles. The van der Waals surface area contributed by atoms with Gasteiger partial charge in [0.25, 0.3) is 0 Å². The largest absolute Gasteiger partial charge is 0.396 e. The van der Waals surface area contributed by atoms with E-state index in [-0.39, 0.29) is 0 Å². The SMILES string of the molecule is CC(CO)[C@@H](C)CC[C@@H](C)[C@H]1CC[C@H]2C3=C(CC[C@]12C)[C@@]1(C)CCCCC1CC3. The lowest BCUT2D eigenvalue weighted by Crippen LogP contribution is -2.43. The van der Waals surface area contributed by atoms with Gasteiger partial charge in [-0.05, 0) is 97.7 Å². The predicted octanol–water partition coefficient (Wildman–Crippen LogP) is 7.78. The number of allylic oxidation sites excluding steroid dienone is 2. The van der Waals surface area contributed by atoms with Crippen molar-refractivity contribution in [1.29, 1.82) is 0 Å². The van der Waals surface area contributed by atoms with E-state index in [9.17, 15) is 5.11 Å². The van der Waals surface area contributed by atoms with E-state index in [0.29, 0.717) is 29.3 Å². The first-order valence-corrected chi connectivity index (χ1v) is 13.1. The molecule has 4 aliphatic rings. The Bertz CT molecular complexity index is 620. The van der Waals surface area contributed by atoms with Crippen molar-refractivity contribution in [3.05, 3.63) is 11.1 Å². The van der Waals surface area contributed by atoms with Gasteiger partial charge in [0.2, 0.25) is 0 Å². The molecular formula is C28H48O. The van der Waals surface area contributed by atoms with Crippen molar-refractivity contribution in [3.63, 3.8) is 0 Å². The first-order valence-electron chi connectivity index (χ1n) is 13.1. The third-order valence-corrected chi connectivity index (χ3v) is 11.0. The van der Waals surface area contributed by atoms with E-state index in [1.54, 1.807) is 0 Å². The highest BCUT2D eigenvalue weighted by atomic mass is 16.3. The third-order valence-electron chi connectivity index (χ3n) is 11.0. The maximum atomic E-state index is 9.49. The molecule has 29 heavy (non-hydrogen) atoms. The zero-order chi connectivity index (χ0) is 20.8. The first-order chi connectivity index (χ1) is 13.8. The minimum Gasteiger partial charge on any atom is -0.396 e. The molecule has 0 aromatic heterocycles. The summed E-state index contributed by atoms with van der Waals surface area (Å²) in [5, 5.41) is 9.49. The Kier molecular flexibility index (Phi) is 6.29. The summed E-state index contributed by atoms with van der Waals surface area (Å²) in [7, 11) is 0. The summed E-state index contributed by atoms with van der Waals surface area (Å²) < 4.78 is 0. The van der Waals surface area contributed by atoms with Crippen molar-refractivity contribution in [2.75, 3.05) is 6.61 Å². The molecule has 0 amide bonds. The number of aliphatic hydroxyl groups is 1. The van der Waals surface area contributed by atoms with E-state index in [2.05, 4.69) is 34.6 Å². The van der Waals surface area contributed by atoms with Crippen molar-refractivity contribution in [3.8, 4) is 0 Å². The van der Waals surface area contributed by atoms with Gasteiger partial charge in [-0.2, -0.15) is 0 Å². The number of aliphatic hydroxyl groups excluding tert-OH is 1. The van der Waals surface area contributed by atoms with Crippen LogP contribution in [0.2, 0.25) is 0 Å². The summed E-state index contributed by atoms with van der Waals surface area (Å²) in [5.41, 5.74) is 5.06. The van der Waals surface area contributed by atoms with Crippen molar-refractivity contribution in [1.82, 2.24) is 0 Å². The van der Waals surface area contributed by atoms with Crippen LogP contribution in [-0.4, -0.2) is 11.7 Å².